The quantitative estimate of drug-likeness (QED) is 0.392. The Balaban J connectivity index is 1.70. The number of hydrogen-bond acceptors (Lipinski definition) is 5. The van der Waals surface area contributed by atoms with Crippen LogP contribution in [0.1, 0.15) is 0 Å². The summed E-state index contributed by atoms with van der Waals surface area (Å²) in [6.45, 7) is 0. The first-order chi connectivity index (χ1) is 14.6. The van der Waals surface area contributed by atoms with Crippen molar-refractivity contribution in [2.24, 2.45) is 0 Å². The summed E-state index contributed by atoms with van der Waals surface area (Å²) in [4.78, 5) is 2.08. The molecule has 0 saturated carbocycles. The van der Waals surface area contributed by atoms with Crippen LogP contribution in [0.4, 0.5) is 5.69 Å². The Morgan fingerprint density at radius 2 is 1.03 bits per heavy atom. The van der Waals surface area contributed by atoms with Crippen LogP contribution in [0.5, 0.6) is 23.0 Å². The molecule has 4 aromatic rings. The fraction of sp³-hybridized carbons (Fsp3) is 0.0833. The Labute approximate surface area is 174 Å². The molecule has 0 aliphatic carbocycles. The zero-order chi connectivity index (χ0) is 20.4. The van der Waals surface area contributed by atoms with E-state index in [1.165, 1.54) is 0 Å². The van der Waals surface area contributed by atoms with E-state index in [0.29, 0.717) is 23.0 Å². The van der Waals surface area contributed by atoms with Crippen molar-refractivity contribution in [2.45, 2.75) is 0 Å². The molecule has 0 amide bonds. The third-order valence-electron chi connectivity index (χ3n) is 5.46. The van der Waals surface area contributed by atoms with Crippen LogP contribution in [0.15, 0.2) is 84.9 Å². The van der Waals surface area contributed by atoms with Gasteiger partial charge in [-0.2, -0.15) is 0 Å². The van der Waals surface area contributed by atoms with Crippen LogP contribution in [0.2, 0.25) is 0 Å². The molecule has 0 atom stereocenters. The second-order valence-electron chi connectivity index (χ2n) is 7.62. The Kier molecular flexibility index (Phi) is 3.37. The van der Waals surface area contributed by atoms with Gasteiger partial charge in [-0.15, -0.1) is 0 Å². The van der Waals surface area contributed by atoms with Crippen LogP contribution < -0.4 is 28.3 Å². The number of nitrogens with zero attached hydrogens (tertiary/aromatic N) is 1. The van der Waals surface area contributed by atoms with Crippen LogP contribution >= 0.6 is 7.51 Å². The van der Waals surface area contributed by atoms with Gasteiger partial charge in [0.2, 0.25) is 0 Å². The van der Waals surface area contributed by atoms with Gasteiger partial charge in [0.25, 0.3) is 0 Å². The zero-order valence-electron chi connectivity index (χ0n) is 16.6. The molecule has 0 radical (unpaired) electrons. The first-order valence-corrected chi connectivity index (χ1v) is 11.7. The first-order valence-electron chi connectivity index (χ1n) is 9.78. The van der Waals surface area contributed by atoms with Gasteiger partial charge in [-0.1, -0.05) is 0 Å². The van der Waals surface area contributed by atoms with Crippen molar-refractivity contribution in [3.63, 3.8) is 0 Å². The molecular formula is C24H20NO4P. The fourth-order valence-corrected chi connectivity index (χ4v) is 7.68. The van der Waals surface area contributed by atoms with E-state index < -0.39 is 7.51 Å². The van der Waals surface area contributed by atoms with Crippen LogP contribution in [-0.4, -0.2) is 14.1 Å². The molecule has 1 spiro atoms. The van der Waals surface area contributed by atoms with Gasteiger partial charge in [0.1, 0.15) is 0 Å². The van der Waals surface area contributed by atoms with E-state index in [9.17, 15) is 0 Å². The SMILES string of the molecule is CN(C)c1cccc2cccc(P34(Oc5ccccc5O3)Oc3ccccc3O4)c12. The topological polar surface area (TPSA) is 40.2 Å². The minimum atomic E-state index is -4.28. The van der Waals surface area contributed by atoms with Gasteiger partial charge in [-0.3, -0.25) is 0 Å². The van der Waals surface area contributed by atoms with Gasteiger partial charge in [0, 0.05) is 0 Å². The van der Waals surface area contributed by atoms with Crippen molar-refractivity contribution in [3.05, 3.63) is 84.9 Å². The fourth-order valence-electron chi connectivity index (χ4n) is 4.17. The molecule has 30 heavy (non-hydrogen) atoms. The molecule has 0 unspecified atom stereocenters. The molecule has 2 heterocycles. The van der Waals surface area contributed by atoms with Crippen molar-refractivity contribution in [1.82, 2.24) is 0 Å². The number of hydrogen-bond donors (Lipinski definition) is 0. The number of anilines is 1. The summed E-state index contributed by atoms with van der Waals surface area (Å²) in [6, 6.07) is 27.4. The third kappa shape index (κ3) is 2.21. The van der Waals surface area contributed by atoms with E-state index in [0.717, 1.165) is 21.8 Å². The monoisotopic (exact) mass is 417 g/mol. The van der Waals surface area contributed by atoms with E-state index in [-0.39, 0.29) is 0 Å². The average molecular weight is 417 g/mol. The summed E-state index contributed by atoms with van der Waals surface area (Å²) in [5, 5.41) is 2.82. The van der Waals surface area contributed by atoms with E-state index in [1.807, 2.05) is 80.8 Å². The number of rotatable bonds is 2. The number of benzene rings is 4. The van der Waals surface area contributed by atoms with Gasteiger partial charge in [-0.05, 0) is 0 Å². The summed E-state index contributed by atoms with van der Waals surface area (Å²) < 4.78 is 26.4. The minimum absolute atomic E-state index is 0.613. The summed E-state index contributed by atoms with van der Waals surface area (Å²) in [7, 11) is -0.242. The van der Waals surface area contributed by atoms with Crippen molar-refractivity contribution < 1.29 is 18.1 Å². The normalized spacial score (nSPS) is 18.1. The Bertz CT molecular complexity index is 1200. The van der Waals surface area contributed by atoms with Gasteiger partial charge < -0.3 is 0 Å². The second-order valence-corrected chi connectivity index (χ2v) is 10.5. The van der Waals surface area contributed by atoms with E-state index in [2.05, 4.69) is 23.1 Å². The van der Waals surface area contributed by atoms with E-state index >= 15 is 0 Å². The second kappa shape index (κ2) is 5.80. The van der Waals surface area contributed by atoms with Gasteiger partial charge in [0.05, 0.1) is 0 Å². The maximum atomic E-state index is 6.60. The predicted octanol–water partition coefficient (Wildman–Crippen LogP) is 5.69. The van der Waals surface area contributed by atoms with Crippen molar-refractivity contribution >= 4 is 29.3 Å². The number of para-hydroxylation sites is 4. The zero-order valence-corrected chi connectivity index (χ0v) is 17.5. The molecule has 0 bridgehead atoms. The third-order valence-corrected chi connectivity index (χ3v) is 8.66. The molecule has 0 aromatic heterocycles. The maximum absolute atomic E-state index is 6.60. The molecule has 2 aliphatic heterocycles. The van der Waals surface area contributed by atoms with E-state index in [4.69, 9.17) is 18.1 Å². The summed E-state index contributed by atoms with van der Waals surface area (Å²) in [6.07, 6.45) is 0. The van der Waals surface area contributed by atoms with Gasteiger partial charge >= 0.3 is 174 Å². The molecule has 2 aliphatic rings. The van der Waals surface area contributed by atoms with Crippen molar-refractivity contribution in [3.8, 4) is 23.0 Å². The molecule has 0 saturated heterocycles. The molecule has 6 rings (SSSR count). The number of fused-ring (bicyclic) bond motifs is 3. The molecule has 5 nitrogen and oxygen atoms in total. The Morgan fingerprint density at radius 3 is 1.50 bits per heavy atom. The summed E-state index contributed by atoms with van der Waals surface area (Å²) in [5.41, 5.74) is 1.04. The predicted molar refractivity (Wildman–Crippen MR) is 120 cm³/mol. The first kappa shape index (κ1) is 17.4. The molecular weight excluding hydrogens is 397 g/mol. The average Bonchev–Trinajstić information content (AvgIpc) is 3.27. The molecule has 150 valence electrons. The van der Waals surface area contributed by atoms with Crippen LogP contribution in [0.3, 0.4) is 0 Å². The molecule has 0 fully saturated rings. The Hall–Kier alpha value is -3.43. The van der Waals surface area contributed by atoms with Crippen molar-refractivity contribution in [2.75, 3.05) is 19.0 Å². The summed E-state index contributed by atoms with van der Waals surface area (Å²) >= 11 is 0. The molecule has 0 N–H and O–H groups in total. The van der Waals surface area contributed by atoms with Gasteiger partial charge in [-0.25, -0.2) is 0 Å². The van der Waals surface area contributed by atoms with Crippen LogP contribution in [0, 0.1) is 0 Å². The van der Waals surface area contributed by atoms with Crippen molar-refractivity contribution in [1.29, 1.82) is 0 Å². The standard InChI is InChI=1S/C24H20NO4P/c1-25(2)18-11-7-9-17-10-8-16-23(24(17)18)30(26-19-12-3-4-13-20(19)27-30)28-21-14-5-6-15-22(21)29-30/h3-16H,1-2H3. The van der Waals surface area contributed by atoms with Crippen LogP contribution in [-0.2, 0) is 0 Å². The Morgan fingerprint density at radius 1 is 0.567 bits per heavy atom. The van der Waals surface area contributed by atoms with E-state index in [1.54, 1.807) is 0 Å². The van der Waals surface area contributed by atoms with Gasteiger partial charge in [0.15, 0.2) is 0 Å². The summed E-state index contributed by atoms with van der Waals surface area (Å²) in [5.74, 6) is 2.45. The molecule has 4 aromatic carbocycles. The van der Waals surface area contributed by atoms with Crippen LogP contribution in [0.25, 0.3) is 10.8 Å². The molecule has 6 heteroatoms.